The number of hydrogen-bond acceptors (Lipinski definition) is 4. The van der Waals surface area contributed by atoms with Crippen LogP contribution < -0.4 is 0 Å². The van der Waals surface area contributed by atoms with E-state index in [0.717, 1.165) is 11.1 Å². The van der Waals surface area contributed by atoms with E-state index < -0.39 is 11.9 Å². The van der Waals surface area contributed by atoms with Crippen LogP contribution in [0.25, 0.3) is 0 Å². The van der Waals surface area contributed by atoms with E-state index in [-0.39, 0.29) is 11.1 Å². The monoisotopic (exact) mass is 284 g/mol. The first-order valence-corrected chi connectivity index (χ1v) is 6.45. The van der Waals surface area contributed by atoms with Gasteiger partial charge in [-0.2, -0.15) is 0 Å². The fourth-order valence-electron chi connectivity index (χ4n) is 2.29. The van der Waals surface area contributed by atoms with E-state index in [1.165, 1.54) is 14.2 Å². The highest BCUT2D eigenvalue weighted by Crippen LogP contribution is 2.33. The molecule has 0 bridgehead atoms. The van der Waals surface area contributed by atoms with E-state index >= 15 is 0 Å². The number of allylic oxidation sites excluding steroid dienone is 10. The Morgan fingerprint density at radius 1 is 0.905 bits per heavy atom. The molecule has 2 rings (SSSR count). The van der Waals surface area contributed by atoms with Crippen LogP contribution in [0.15, 0.2) is 70.4 Å². The molecule has 0 saturated carbocycles. The first kappa shape index (κ1) is 14.8. The molecule has 0 saturated heterocycles. The predicted molar refractivity (Wildman–Crippen MR) is 79.3 cm³/mol. The molecule has 2 aliphatic rings. The Morgan fingerprint density at radius 3 is 2.24 bits per heavy atom. The smallest absolute Gasteiger partial charge is 0.339 e. The lowest BCUT2D eigenvalue weighted by atomic mass is 9.91. The van der Waals surface area contributed by atoms with Gasteiger partial charge in [0.05, 0.1) is 25.4 Å². The molecule has 0 spiro atoms. The summed E-state index contributed by atoms with van der Waals surface area (Å²) in [6.07, 6.45) is 12.7. The van der Waals surface area contributed by atoms with Crippen molar-refractivity contribution in [1.82, 2.24) is 0 Å². The molecule has 0 aromatic rings. The van der Waals surface area contributed by atoms with Gasteiger partial charge < -0.3 is 9.47 Å². The van der Waals surface area contributed by atoms with Crippen LogP contribution in [0.1, 0.15) is 6.92 Å². The Kier molecular flexibility index (Phi) is 4.38. The molecule has 108 valence electrons. The van der Waals surface area contributed by atoms with Crippen LogP contribution in [0.2, 0.25) is 0 Å². The quantitative estimate of drug-likeness (QED) is 0.731. The fourth-order valence-corrected chi connectivity index (χ4v) is 2.29. The third kappa shape index (κ3) is 2.79. The number of rotatable bonds is 2. The Labute approximate surface area is 123 Å². The lowest BCUT2D eigenvalue weighted by molar-refractivity contribution is -0.139. The summed E-state index contributed by atoms with van der Waals surface area (Å²) < 4.78 is 9.64. The van der Waals surface area contributed by atoms with Gasteiger partial charge in [0.2, 0.25) is 0 Å². The van der Waals surface area contributed by atoms with Crippen LogP contribution >= 0.6 is 0 Å². The summed E-state index contributed by atoms with van der Waals surface area (Å²) >= 11 is 0. The van der Waals surface area contributed by atoms with E-state index in [1.54, 1.807) is 12.2 Å². The van der Waals surface area contributed by atoms with Crippen molar-refractivity contribution in [2.24, 2.45) is 0 Å². The van der Waals surface area contributed by atoms with E-state index in [4.69, 9.17) is 9.47 Å². The van der Waals surface area contributed by atoms with Crippen LogP contribution in [-0.2, 0) is 19.1 Å². The Morgan fingerprint density at radius 2 is 1.57 bits per heavy atom. The normalized spacial score (nSPS) is 17.0. The van der Waals surface area contributed by atoms with Gasteiger partial charge in [-0.1, -0.05) is 36.5 Å². The topological polar surface area (TPSA) is 52.6 Å². The highest BCUT2D eigenvalue weighted by atomic mass is 16.5. The first-order valence-electron chi connectivity index (χ1n) is 6.45. The van der Waals surface area contributed by atoms with Crippen molar-refractivity contribution >= 4 is 11.9 Å². The van der Waals surface area contributed by atoms with Crippen LogP contribution in [0, 0.1) is 0 Å². The van der Waals surface area contributed by atoms with Crippen LogP contribution in [-0.4, -0.2) is 26.2 Å². The molecule has 4 heteroatoms. The molecule has 0 fully saturated rings. The molecule has 0 heterocycles. The van der Waals surface area contributed by atoms with Gasteiger partial charge >= 0.3 is 11.9 Å². The van der Waals surface area contributed by atoms with Gasteiger partial charge in [-0.05, 0) is 29.7 Å². The molecule has 0 amide bonds. The second kappa shape index (κ2) is 6.22. The molecule has 0 aromatic carbocycles. The SMILES string of the molecule is COC(=O)C1=CC=CC2=CC=CC=C(C)C2=C1C(=O)OC. The molecular weight excluding hydrogens is 268 g/mol. The standard InChI is InChI=1S/C17H16O4/c1-11-7-4-5-8-12-9-6-10-13(16(18)20-2)15(14(11)12)17(19)21-3/h4-10H,1-3H3. The van der Waals surface area contributed by atoms with Crippen molar-refractivity contribution in [3.05, 3.63) is 70.4 Å². The van der Waals surface area contributed by atoms with Gasteiger partial charge in [-0.15, -0.1) is 0 Å². The van der Waals surface area contributed by atoms with Gasteiger partial charge in [0.15, 0.2) is 0 Å². The molecular formula is C17H16O4. The summed E-state index contributed by atoms with van der Waals surface area (Å²) in [4.78, 5) is 24.2. The fraction of sp³-hybridized carbons (Fsp3) is 0.176. The second-order valence-electron chi connectivity index (χ2n) is 4.53. The molecule has 2 aliphatic carbocycles. The molecule has 0 aromatic heterocycles. The highest BCUT2D eigenvalue weighted by Gasteiger charge is 2.28. The largest absolute Gasteiger partial charge is 0.465 e. The molecule has 0 N–H and O–H groups in total. The van der Waals surface area contributed by atoms with Crippen LogP contribution in [0.4, 0.5) is 0 Å². The maximum Gasteiger partial charge on any atom is 0.339 e. The number of fused-ring (bicyclic) bond motifs is 1. The van der Waals surface area contributed by atoms with Gasteiger partial charge in [-0.3, -0.25) is 0 Å². The van der Waals surface area contributed by atoms with Gasteiger partial charge in [0, 0.05) is 0 Å². The number of carbonyl (C=O) groups excluding carboxylic acids is 2. The number of hydrogen-bond donors (Lipinski definition) is 0. The summed E-state index contributed by atoms with van der Waals surface area (Å²) in [6, 6.07) is 0. The molecule has 4 nitrogen and oxygen atoms in total. The maximum absolute atomic E-state index is 12.2. The Bertz CT molecular complexity index is 667. The van der Waals surface area contributed by atoms with Crippen molar-refractivity contribution in [2.75, 3.05) is 14.2 Å². The number of ether oxygens (including phenoxy) is 2. The minimum absolute atomic E-state index is 0.189. The Hall–Kier alpha value is -2.62. The summed E-state index contributed by atoms with van der Waals surface area (Å²) in [5.41, 5.74) is 2.80. The van der Waals surface area contributed by atoms with Crippen molar-refractivity contribution in [2.45, 2.75) is 6.92 Å². The zero-order valence-electron chi connectivity index (χ0n) is 12.2. The van der Waals surface area contributed by atoms with E-state index in [2.05, 4.69) is 0 Å². The lowest BCUT2D eigenvalue weighted by Crippen LogP contribution is -2.17. The van der Waals surface area contributed by atoms with E-state index in [9.17, 15) is 9.59 Å². The third-order valence-electron chi connectivity index (χ3n) is 3.27. The highest BCUT2D eigenvalue weighted by molar-refractivity contribution is 6.09. The van der Waals surface area contributed by atoms with E-state index in [0.29, 0.717) is 5.57 Å². The number of esters is 2. The molecule has 0 radical (unpaired) electrons. The lowest BCUT2D eigenvalue weighted by Gasteiger charge is -2.15. The van der Waals surface area contributed by atoms with Crippen LogP contribution in [0.5, 0.6) is 0 Å². The minimum Gasteiger partial charge on any atom is -0.465 e. The average molecular weight is 284 g/mol. The van der Waals surface area contributed by atoms with Crippen molar-refractivity contribution < 1.29 is 19.1 Å². The second-order valence-corrected chi connectivity index (χ2v) is 4.53. The predicted octanol–water partition coefficient (Wildman–Crippen LogP) is 2.57. The van der Waals surface area contributed by atoms with Gasteiger partial charge in [0.25, 0.3) is 0 Å². The van der Waals surface area contributed by atoms with Gasteiger partial charge in [-0.25, -0.2) is 9.59 Å². The molecule has 0 unspecified atom stereocenters. The molecule has 0 aliphatic heterocycles. The van der Waals surface area contributed by atoms with Crippen molar-refractivity contribution in [1.29, 1.82) is 0 Å². The molecule has 0 atom stereocenters. The Balaban J connectivity index is 2.77. The zero-order chi connectivity index (χ0) is 15.4. The summed E-state index contributed by atoms with van der Waals surface area (Å²) in [7, 11) is 2.58. The van der Waals surface area contributed by atoms with E-state index in [1.807, 2.05) is 37.3 Å². The van der Waals surface area contributed by atoms with Crippen molar-refractivity contribution in [3.63, 3.8) is 0 Å². The number of methoxy groups -OCH3 is 2. The van der Waals surface area contributed by atoms with Crippen molar-refractivity contribution in [3.8, 4) is 0 Å². The maximum atomic E-state index is 12.2. The third-order valence-corrected chi connectivity index (χ3v) is 3.27. The minimum atomic E-state index is -0.571. The average Bonchev–Trinajstić information content (AvgIpc) is 2.79. The van der Waals surface area contributed by atoms with Gasteiger partial charge in [0.1, 0.15) is 0 Å². The first-order chi connectivity index (χ1) is 10.1. The summed E-state index contributed by atoms with van der Waals surface area (Å²) in [5.74, 6) is -1.13. The summed E-state index contributed by atoms with van der Waals surface area (Å²) in [5, 5.41) is 0. The summed E-state index contributed by atoms with van der Waals surface area (Å²) in [6.45, 7) is 1.88. The number of carbonyl (C=O) groups is 2. The zero-order valence-corrected chi connectivity index (χ0v) is 12.2. The molecule has 21 heavy (non-hydrogen) atoms. The van der Waals surface area contributed by atoms with Crippen LogP contribution in [0.3, 0.4) is 0 Å².